The first-order valence-corrected chi connectivity index (χ1v) is 8.93. The van der Waals surface area contributed by atoms with Crippen molar-refractivity contribution in [1.29, 1.82) is 0 Å². The zero-order valence-corrected chi connectivity index (χ0v) is 14.9. The highest BCUT2D eigenvalue weighted by atomic mass is 32.1. The van der Waals surface area contributed by atoms with Crippen LogP contribution in [0.25, 0.3) is 27.6 Å². The number of benzene rings is 2. The number of rotatable bonds is 3. The lowest BCUT2D eigenvalue weighted by Gasteiger charge is -1.99. The number of nitrogens with zero attached hydrogens (tertiary/aromatic N) is 3. The van der Waals surface area contributed by atoms with Gasteiger partial charge in [-0.15, -0.1) is 11.3 Å². The summed E-state index contributed by atoms with van der Waals surface area (Å²) in [6.45, 7) is 4.15. The van der Waals surface area contributed by atoms with E-state index in [0.29, 0.717) is 5.82 Å². The highest BCUT2D eigenvalue weighted by molar-refractivity contribution is 7.12. The lowest BCUT2D eigenvalue weighted by molar-refractivity contribution is 0.884. The Bertz CT molecular complexity index is 1010. The van der Waals surface area contributed by atoms with Gasteiger partial charge in [0.05, 0.1) is 11.4 Å². The van der Waals surface area contributed by atoms with Gasteiger partial charge in [-0.3, -0.25) is 0 Å². The normalized spacial score (nSPS) is 11.0. The zero-order chi connectivity index (χ0) is 17.4. The summed E-state index contributed by atoms with van der Waals surface area (Å²) in [5.74, 6) is 0.584. The van der Waals surface area contributed by atoms with Crippen LogP contribution in [0.2, 0.25) is 0 Å². The average molecular weight is 346 g/mol. The van der Waals surface area contributed by atoms with Gasteiger partial charge in [-0.1, -0.05) is 59.7 Å². The van der Waals surface area contributed by atoms with Crippen molar-refractivity contribution in [2.45, 2.75) is 13.8 Å². The average Bonchev–Trinajstić information content (AvgIpc) is 3.23. The van der Waals surface area contributed by atoms with Crippen molar-refractivity contribution in [2.24, 2.45) is 0 Å². The van der Waals surface area contributed by atoms with E-state index in [1.54, 1.807) is 4.68 Å². The summed E-state index contributed by atoms with van der Waals surface area (Å²) in [6.07, 6.45) is 0. The molecule has 0 aliphatic carbocycles. The molecule has 4 rings (SSSR count). The van der Waals surface area contributed by atoms with Crippen molar-refractivity contribution in [3.05, 3.63) is 71.1 Å². The molecule has 0 fully saturated rings. The second-order valence-corrected chi connectivity index (χ2v) is 6.95. The Hall–Kier alpha value is -2.92. The summed E-state index contributed by atoms with van der Waals surface area (Å²) in [6, 6.07) is 18.5. The van der Waals surface area contributed by atoms with Crippen molar-refractivity contribution in [1.82, 2.24) is 14.8 Å². The molecule has 0 amide bonds. The molecule has 25 heavy (non-hydrogen) atoms. The molecule has 0 unspecified atom stereocenters. The fourth-order valence-electron chi connectivity index (χ4n) is 2.63. The maximum atomic E-state index is 6.18. The molecule has 0 bridgehead atoms. The fraction of sp³-hybridized carbons (Fsp3) is 0.100. The first-order chi connectivity index (χ1) is 12.1. The monoisotopic (exact) mass is 346 g/mol. The van der Waals surface area contributed by atoms with Gasteiger partial charge < -0.3 is 5.73 Å². The summed E-state index contributed by atoms with van der Waals surface area (Å²) < 4.78 is 1.71. The summed E-state index contributed by atoms with van der Waals surface area (Å²) in [5.41, 5.74) is 12.6. The van der Waals surface area contributed by atoms with Gasteiger partial charge in [-0.25, -0.2) is 4.98 Å². The number of hydrogen-bond acceptors (Lipinski definition) is 4. The van der Waals surface area contributed by atoms with Crippen molar-refractivity contribution in [2.75, 3.05) is 5.73 Å². The molecule has 4 aromatic rings. The lowest BCUT2D eigenvalue weighted by Crippen LogP contribution is -2.01. The Morgan fingerprint density at radius 2 is 1.40 bits per heavy atom. The molecule has 0 saturated heterocycles. The van der Waals surface area contributed by atoms with Crippen LogP contribution in [0.5, 0.6) is 0 Å². The Kier molecular flexibility index (Phi) is 3.86. The number of nitrogens with two attached hydrogens (primary N) is 1. The van der Waals surface area contributed by atoms with Crippen LogP contribution in [0, 0.1) is 13.8 Å². The topological polar surface area (TPSA) is 56.7 Å². The minimum Gasteiger partial charge on any atom is -0.383 e. The van der Waals surface area contributed by atoms with Gasteiger partial charge in [0, 0.05) is 22.6 Å². The van der Waals surface area contributed by atoms with Crippen molar-refractivity contribution >= 4 is 17.2 Å². The van der Waals surface area contributed by atoms with Crippen LogP contribution < -0.4 is 5.73 Å². The maximum Gasteiger partial charge on any atom is 0.212 e. The molecule has 0 radical (unpaired) electrons. The van der Waals surface area contributed by atoms with E-state index in [4.69, 9.17) is 10.7 Å². The number of nitrogen functional groups attached to an aromatic ring is 1. The van der Waals surface area contributed by atoms with E-state index in [1.807, 2.05) is 11.4 Å². The predicted octanol–water partition coefficient (Wildman–Crippen LogP) is 4.86. The quantitative estimate of drug-likeness (QED) is 0.576. The van der Waals surface area contributed by atoms with Gasteiger partial charge in [-0.2, -0.15) is 9.78 Å². The molecule has 0 spiro atoms. The molecule has 2 aromatic carbocycles. The highest BCUT2D eigenvalue weighted by Gasteiger charge is 2.12. The Labute approximate surface area is 150 Å². The van der Waals surface area contributed by atoms with E-state index < -0.39 is 0 Å². The van der Waals surface area contributed by atoms with Crippen LogP contribution in [0.1, 0.15) is 11.1 Å². The van der Waals surface area contributed by atoms with E-state index in [2.05, 4.69) is 67.5 Å². The molecule has 2 aromatic heterocycles. The highest BCUT2D eigenvalue weighted by Crippen LogP contribution is 2.28. The van der Waals surface area contributed by atoms with Gasteiger partial charge >= 0.3 is 0 Å². The Morgan fingerprint density at radius 1 is 0.840 bits per heavy atom. The van der Waals surface area contributed by atoms with Gasteiger partial charge in [-0.05, 0) is 13.8 Å². The molecule has 5 heteroatoms. The molecule has 0 aliphatic heterocycles. The first-order valence-electron chi connectivity index (χ1n) is 8.06. The molecule has 124 valence electrons. The van der Waals surface area contributed by atoms with Crippen molar-refractivity contribution < 1.29 is 0 Å². The van der Waals surface area contributed by atoms with Crippen LogP contribution in [-0.4, -0.2) is 14.8 Å². The van der Waals surface area contributed by atoms with E-state index in [1.165, 1.54) is 22.5 Å². The van der Waals surface area contributed by atoms with Crippen LogP contribution in [0.4, 0.5) is 5.82 Å². The predicted molar refractivity (Wildman–Crippen MR) is 104 cm³/mol. The maximum absolute atomic E-state index is 6.18. The van der Waals surface area contributed by atoms with E-state index in [9.17, 15) is 0 Å². The summed E-state index contributed by atoms with van der Waals surface area (Å²) in [4.78, 5) is 4.70. The third-order valence-electron chi connectivity index (χ3n) is 4.10. The molecule has 2 N–H and O–H groups in total. The molecule has 0 saturated carbocycles. The smallest absolute Gasteiger partial charge is 0.212 e. The molecule has 2 heterocycles. The van der Waals surface area contributed by atoms with Gasteiger partial charge in [0.25, 0.3) is 0 Å². The minimum atomic E-state index is 0.584. The zero-order valence-electron chi connectivity index (χ0n) is 14.1. The number of aromatic nitrogens is 3. The fourth-order valence-corrected chi connectivity index (χ4v) is 3.44. The Morgan fingerprint density at radius 3 is 2.00 bits per heavy atom. The number of aryl methyl sites for hydroxylation is 2. The van der Waals surface area contributed by atoms with Gasteiger partial charge in [0.1, 0.15) is 5.82 Å². The molecule has 0 aliphatic rings. The summed E-state index contributed by atoms with van der Waals surface area (Å²) in [5, 5.41) is 7.44. The third-order valence-corrected chi connectivity index (χ3v) is 4.92. The van der Waals surface area contributed by atoms with Crippen molar-refractivity contribution in [3.63, 3.8) is 0 Å². The van der Waals surface area contributed by atoms with E-state index in [-0.39, 0.29) is 0 Å². The van der Waals surface area contributed by atoms with E-state index in [0.717, 1.165) is 27.6 Å². The molecule has 4 nitrogen and oxygen atoms in total. The van der Waals surface area contributed by atoms with Crippen LogP contribution in [0.15, 0.2) is 60.0 Å². The molecular formula is C20H18N4S. The van der Waals surface area contributed by atoms with Crippen molar-refractivity contribution in [3.8, 4) is 27.6 Å². The summed E-state index contributed by atoms with van der Waals surface area (Å²) >= 11 is 1.54. The third kappa shape index (κ3) is 3.06. The second-order valence-electron chi connectivity index (χ2n) is 6.11. The number of anilines is 1. The van der Waals surface area contributed by atoms with Crippen LogP contribution in [-0.2, 0) is 0 Å². The summed E-state index contributed by atoms with van der Waals surface area (Å²) in [7, 11) is 0. The lowest BCUT2D eigenvalue weighted by atomic mass is 10.1. The largest absolute Gasteiger partial charge is 0.383 e. The van der Waals surface area contributed by atoms with Gasteiger partial charge in [0.15, 0.2) is 0 Å². The van der Waals surface area contributed by atoms with Gasteiger partial charge in [0.2, 0.25) is 5.13 Å². The van der Waals surface area contributed by atoms with E-state index >= 15 is 0 Å². The van der Waals surface area contributed by atoms with Crippen LogP contribution >= 0.6 is 11.3 Å². The number of thiazole rings is 1. The SMILES string of the molecule is Cc1ccc(-c2csc(-n3nc(-c4ccc(C)cc4)cc3N)n2)cc1. The minimum absolute atomic E-state index is 0.584. The standard InChI is InChI=1S/C20H18N4S/c1-13-3-7-15(8-4-13)17-11-19(21)24(23-17)20-22-18(12-25-20)16-9-5-14(2)6-10-16/h3-12H,21H2,1-2H3. The molecule has 0 atom stereocenters. The van der Waals surface area contributed by atoms with Crippen LogP contribution in [0.3, 0.4) is 0 Å². The second kappa shape index (κ2) is 6.18. The number of hydrogen-bond donors (Lipinski definition) is 1. The Balaban J connectivity index is 1.69. The first kappa shape index (κ1) is 15.6. The molecular weight excluding hydrogens is 328 g/mol.